The minimum Gasteiger partial charge on any atom is -0.340 e. The first-order valence-electron chi connectivity index (χ1n) is 7.54. The number of piperidine rings is 1. The van der Waals surface area contributed by atoms with Crippen molar-refractivity contribution in [3.05, 3.63) is 0 Å². The molecule has 1 N–H and O–H groups in total. The maximum Gasteiger partial charge on any atom is 0.236 e. The van der Waals surface area contributed by atoms with Crippen LogP contribution in [0.4, 0.5) is 0 Å². The van der Waals surface area contributed by atoms with E-state index < -0.39 is 0 Å². The van der Waals surface area contributed by atoms with E-state index in [1.807, 2.05) is 4.90 Å². The number of carbonyl (C=O) groups is 1. The van der Waals surface area contributed by atoms with Gasteiger partial charge in [0.2, 0.25) is 5.91 Å². The topological polar surface area (TPSA) is 38.8 Å². The van der Waals surface area contributed by atoms with Crippen LogP contribution in [0, 0.1) is 0 Å². The largest absolute Gasteiger partial charge is 0.340 e. The molecule has 1 unspecified atom stereocenters. The second-order valence-corrected chi connectivity index (χ2v) is 5.96. The molecule has 5 heteroatoms. The van der Waals surface area contributed by atoms with Gasteiger partial charge in [0.1, 0.15) is 0 Å². The van der Waals surface area contributed by atoms with Crippen LogP contribution < -0.4 is 5.32 Å². The van der Waals surface area contributed by atoms with Crippen LogP contribution in [0.2, 0.25) is 0 Å². The van der Waals surface area contributed by atoms with Crippen LogP contribution in [-0.2, 0) is 4.79 Å². The Morgan fingerprint density at radius 1 is 1.26 bits per heavy atom. The fourth-order valence-electron chi connectivity index (χ4n) is 3.04. The van der Waals surface area contributed by atoms with Gasteiger partial charge < -0.3 is 15.1 Å². The van der Waals surface area contributed by atoms with Gasteiger partial charge in [0.15, 0.2) is 0 Å². The van der Waals surface area contributed by atoms with Crippen LogP contribution in [0.15, 0.2) is 0 Å². The average Bonchev–Trinajstić information content (AvgIpc) is 2.67. The maximum atomic E-state index is 12.3. The van der Waals surface area contributed by atoms with Gasteiger partial charge in [-0.1, -0.05) is 0 Å². The zero-order valence-electron chi connectivity index (χ0n) is 12.4. The first-order valence-corrected chi connectivity index (χ1v) is 7.54. The number of hydrogen-bond acceptors (Lipinski definition) is 4. The second kappa shape index (κ2) is 7.22. The van der Waals surface area contributed by atoms with E-state index in [1.165, 1.54) is 19.4 Å². The van der Waals surface area contributed by atoms with Gasteiger partial charge in [0.25, 0.3) is 0 Å². The number of amides is 1. The lowest BCUT2D eigenvalue weighted by Crippen LogP contribution is -2.49. The van der Waals surface area contributed by atoms with E-state index >= 15 is 0 Å². The fraction of sp³-hybridized carbons (Fsp3) is 0.929. The van der Waals surface area contributed by atoms with Gasteiger partial charge in [-0.25, -0.2) is 0 Å². The van der Waals surface area contributed by atoms with E-state index in [4.69, 9.17) is 0 Å². The summed E-state index contributed by atoms with van der Waals surface area (Å²) in [5.41, 5.74) is 0. The van der Waals surface area contributed by atoms with Gasteiger partial charge in [-0.15, -0.1) is 0 Å². The molecule has 0 aromatic rings. The molecule has 0 spiro atoms. The normalized spacial score (nSPS) is 26.5. The van der Waals surface area contributed by atoms with Crippen molar-refractivity contribution < 1.29 is 4.79 Å². The Labute approximate surface area is 116 Å². The van der Waals surface area contributed by atoms with Crippen molar-refractivity contribution in [2.24, 2.45) is 0 Å². The van der Waals surface area contributed by atoms with Crippen LogP contribution in [-0.4, -0.2) is 86.6 Å². The number of rotatable bonds is 3. The predicted octanol–water partition coefficient (Wildman–Crippen LogP) is -0.166. The number of nitrogens with one attached hydrogen (secondary N) is 1. The van der Waals surface area contributed by atoms with Crippen LogP contribution >= 0.6 is 0 Å². The van der Waals surface area contributed by atoms with E-state index in [2.05, 4.69) is 29.2 Å². The Kier molecular flexibility index (Phi) is 5.60. The Hall–Kier alpha value is -0.650. The summed E-state index contributed by atoms with van der Waals surface area (Å²) < 4.78 is 0. The first-order chi connectivity index (χ1) is 9.16. The third-order valence-electron chi connectivity index (χ3n) is 4.30. The second-order valence-electron chi connectivity index (χ2n) is 5.96. The summed E-state index contributed by atoms with van der Waals surface area (Å²) in [5.74, 6) is 0.291. The lowest BCUT2D eigenvalue weighted by molar-refractivity contribution is -0.132. The number of likely N-dealkylation sites (N-methyl/N-ethyl adjacent to an activating group) is 2. The van der Waals surface area contributed by atoms with E-state index in [0.29, 0.717) is 18.5 Å². The lowest BCUT2D eigenvalue weighted by atomic mass is 10.1. The Bertz CT molecular complexity index is 289. The fourth-order valence-corrected chi connectivity index (χ4v) is 3.04. The van der Waals surface area contributed by atoms with Crippen LogP contribution in [0.1, 0.15) is 19.3 Å². The number of hydrogen-bond donors (Lipinski definition) is 1. The van der Waals surface area contributed by atoms with Gasteiger partial charge in [0, 0.05) is 32.2 Å². The SMILES string of the molecule is CN1CCCC(N(C)CC(=O)N2CCCNCC2)C1. The third-order valence-corrected chi connectivity index (χ3v) is 4.30. The molecule has 1 atom stereocenters. The van der Waals surface area contributed by atoms with Crippen LogP contribution in [0.5, 0.6) is 0 Å². The van der Waals surface area contributed by atoms with E-state index in [-0.39, 0.29) is 0 Å². The summed E-state index contributed by atoms with van der Waals surface area (Å²) in [7, 11) is 4.26. The van der Waals surface area contributed by atoms with Crippen molar-refractivity contribution in [3.8, 4) is 0 Å². The highest BCUT2D eigenvalue weighted by Gasteiger charge is 2.24. The highest BCUT2D eigenvalue weighted by atomic mass is 16.2. The quantitative estimate of drug-likeness (QED) is 0.772. The van der Waals surface area contributed by atoms with Crippen molar-refractivity contribution in [2.45, 2.75) is 25.3 Å². The Morgan fingerprint density at radius 3 is 2.89 bits per heavy atom. The number of carbonyl (C=O) groups excluding carboxylic acids is 1. The van der Waals surface area contributed by atoms with E-state index in [9.17, 15) is 4.79 Å². The minimum atomic E-state index is 0.291. The molecule has 0 aromatic carbocycles. The first kappa shape index (κ1) is 14.8. The van der Waals surface area contributed by atoms with Gasteiger partial charge in [-0.05, 0) is 46.4 Å². The molecule has 0 saturated carbocycles. The smallest absolute Gasteiger partial charge is 0.236 e. The molecular weight excluding hydrogens is 240 g/mol. The van der Waals surface area contributed by atoms with Gasteiger partial charge >= 0.3 is 0 Å². The van der Waals surface area contributed by atoms with Gasteiger partial charge in [-0.3, -0.25) is 9.69 Å². The molecule has 0 aromatic heterocycles. The van der Waals surface area contributed by atoms with Gasteiger partial charge in [-0.2, -0.15) is 0 Å². The van der Waals surface area contributed by atoms with Crippen molar-refractivity contribution >= 4 is 5.91 Å². The Morgan fingerprint density at radius 2 is 2.11 bits per heavy atom. The molecule has 0 bridgehead atoms. The van der Waals surface area contributed by atoms with Crippen molar-refractivity contribution in [1.82, 2.24) is 20.0 Å². The zero-order valence-corrected chi connectivity index (χ0v) is 12.4. The maximum absolute atomic E-state index is 12.3. The van der Waals surface area contributed by atoms with E-state index in [0.717, 1.165) is 39.1 Å². The molecule has 19 heavy (non-hydrogen) atoms. The minimum absolute atomic E-state index is 0.291. The molecule has 5 nitrogen and oxygen atoms in total. The molecule has 0 aliphatic carbocycles. The summed E-state index contributed by atoms with van der Waals surface area (Å²) >= 11 is 0. The monoisotopic (exact) mass is 268 g/mol. The number of nitrogens with zero attached hydrogens (tertiary/aromatic N) is 3. The summed E-state index contributed by atoms with van der Waals surface area (Å²) in [6.45, 7) is 6.58. The third kappa shape index (κ3) is 4.44. The highest BCUT2D eigenvalue weighted by Crippen LogP contribution is 2.13. The Balaban J connectivity index is 1.80. The molecule has 1 amide bonds. The van der Waals surface area contributed by atoms with Crippen LogP contribution in [0.25, 0.3) is 0 Å². The average molecular weight is 268 g/mol. The molecule has 110 valence electrons. The van der Waals surface area contributed by atoms with E-state index in [1.54, 1.807) is 0 Å². The summed E-state index contributed by atoms with van der Waals surface area (Å²) in [4.78, 5) is 19.0. The zero-order chi connectivity index (χ0) is 13.7. The standard InChI is InChI=1S/C14H28N4O/c1-16-8-3-5-13(11-16)17(2)12-14(19)18-9-4-6-15-7-10-18/h13,15H,3-12H2,1-2H3. The van der Waals surface area contributed by atoms with Crippen molar-refractivity contribution in [1.29, 1.82) is 0 Å². The van der Waals surface area contributed by atoms with Crippen molar-refractivity contribution in [3.63, 3.8) is 0 Å². The summed E-state index contributed by atoms with van der Waals surface area (Å²) in [6, 6.07) is 0.535. The predicted molar refractivity (Wildman–Crippen MR) is 77.2 cm³/mol. The van der Waals surface area contributed by atoms with Crippen LogP contribution in [0.3, 0.4) is 0 Å². The molecule has 2 fully saturated rings. The molecule has 2 aliphatic rings. The summed E-state index contributed by atoms with van der Waals surface area (Å²) in [5, 5.41) is 3.34. The summed E-state index contributed by atoms with van der Waals surface area (Å²) in [6.07, 6.45) is 3.53. The molecule has 0 radical (unpaired) electrons. The molecule has 2 aliphatic heterocycles. The number of likely N-dealkylation sites (tertiary alicyclic amines) is 1. The molecular formula is C14H28N4O. The molecule has 2 saturated heterocycles. The molecule has 2 rings (SSSR count). The van der Waals surface area contributed by atoms with Gasteiger partial charge in [0.05, 0.1) is 6.54 Å². The van der Waals surface area contributed by atoms with Crippen molar-refractivity contribution in [2.75, 3.05) is 59.9 Å². The molecule has 2 heterocycles. The lowest BCUT2D eigenvalue weighted by Gasteiger charge is -2.36. The highest BCUT2D eigenvalue weighted by molar-refractivity contribution is 5.78.